The van der Waals surface area contributed by atoms with Crippen LogP contribution in [0.2, 0.25) is 0 Å². The first-order valence-electron chi connectivity index (χ1n) is 7.92. The minimum Gasteiger partial charge on any atom is -0.480 e. The molecular weight excluding hydrogens is 309 g/mol. The summed E-state index contributed by atoms with van der Waals surface area (Å²) in [6.45, 7) is 4.45. The van der Waals surface area contributed by atoms with Crippen LogP contribution in [0.15, 0.2) is 48.5 Å². The molecule has 0 radical (unpaired) electrons. The van der Waals surface area contributed by atoms with E-state index < -0.39 is 12.0 Å². The van der Waals surface area contributed by atoms with Gasteiger partial charge in [0.05, 0.1) is 0 Å². The average Bonchev–Trinajstić information content (AvgIpc) is 2.52. The van der Waals surface area contributed by atoms with Crippen molar-refractivity contribution < 1.29 is 19.0 Å². The zero-order valence-corrected chi connectivity index (χ0v) is 13.8. The number of halogens is 1. The minimum absolute atomic E-state index is 0.306. The molecule has 2 rings (SSSR count). The largest absolute Gasteiger partial charge is 0.480 e. The Hall–Kier alpha value is -2.40. The Balaban J connectivity index is 1.93. The number of nitrogens with one attached hydrogen (secondary N) is 1. The molecule has 0 unspecified atom stereocenters. The second-order valence-electron chi connectivity index (χ2n) is 6.10. The highest BCUT2D eigenvalue weighted by molar-refractivity contribution is 5.73. The molecule has 2 N–H and O–H groups in total. The number of carboxylic acids is 1. The Kier molecular flexibility index (Phi) is 6.32. The molecule has 0 saturated carbocycles. The van der Waals surface area contributed by atoms with Gasteiger partial charge >= 0.3 is 5.97 Å². The van der Waals surface area contributed by atoms with E-state index in [0.29, 0.717) is 30.4 Å². The summed E-state index contributed by atoms with van der Waals surface area (Å²) in [5, 5.41) is 12.3. The maximum Gasteiger partial charge on any atom is 0.320 e. The number of hydrogen-bond donors (Lipinski definition) is 2. The molecule has 0 aliphatic carbocycles. The van der Waals surface area contributed by atoms with Crippen LogP contribution in [-0.4, -0.2) is 17.1 Å². The van der Waals surface area contributed by atoms with Gasteiger partial charge in [-0.05, 0) is 42.2 Å². The van der Waals surface area contributed by atoms with Gasteiger partial charge < -0.3 is 15.2 Å². The summed E-state index contributed by atoms with van der Waals surface area (Å²) in [6, 6.07) is 12.7. The Labute approximate surface area is 141 Å². The summed E-state index contributed by atoms with van der Waals surface area (Å²) in [5.74, 6) is 0.152. The van der Waals surface area contributed by atoms with E-state index in [1.807, 2.05) is 26.0 Å². The van der Waals surface area contributed by atoms with Crippen LogP contribution in [-0.2, 0) is 11.3 Å². The molecule has 0 saturated heterocycles. The number of aliphatic carboxylic acids is 1. The van der Waals surface area contributed by atoms with Crippen molar-refractivity contribution in [2.24, 2.45) is 5.92 Å². The highest BCUT2D eigenvalue weighted by Crippen LogP contribution is 2.22. The molecule has 4 nitrogen and oxygen atoms in total. The highest BCUT2D eigenvalue weighted by Gasteiger charge is 2.17. The predicted molar refractivity (Wildman–Crippen MR) is 90.6 cm³/mol. The van der Waals surface area contributed by atoms with Gasteiger partial charge in [0.15, 0.2) is 0 Å². The fraction of sp³-hybridized carbons (Fsp3) is 0.316. The fourth-order valence-corrected chi connectivity index (χ4v) is 2.33. The molecule has 0 fully saturated rings. The molecule has 5 heteroatoms. The van der Waals surface area contributed by atoms with Crippen LogP contribution < -0.4 is 10.1 Å². The topological polar surface area (TPSA) is 58.6 Å². The lowest BCUT2D eigenvalue weighted by Crippen LogP contribution is -2.37. The maximum absolute atomic E-state index is 13.1. The van der Waals surface area contributed by atoms with Gasteiger partial charge in [0.25, 0.3) is 0 Å². The van der Waals surface area contributed by atoms with Crippen LogP contribution in [0.5, 0.6) is 11.5 Å². The van der Waals surface area contributed by atoms with Gasteiger partial charge in [-0.3, -0.25) is 4.79 Å². The van der Waals surface area contributed by atoms with E-state index in [4.69, 9.17) is 4.74 Å². The summed E-state index contributed by atoms with van der Waals surface area (Å²) < 4.78 is 18.7. The number of carbonyl (C=O) groups is 1. The van der Waals surface area contributed by atoms with Crippen molar-refractivity contribution in [3.63, 3.8) is 0 Å². The lowest BCUT2D eigenvalue weighted by molar-refractivity contribution is -0.140. The molecule has 0 aromatic heterocycles. The number of ether oxygens (including phenoxy) is 1. The van der Waals surface area contributed by atoms with Crippen LogP contribution in [0, 0.1) is 11.7 Å². The van der Waals surface area contributed by atoms with E-state index >= 15 is 0 Å². The molecule has 2 aromatic rings. The Morgan fingerprint density at radius 1 is 1.17 bits per heavy atom. The summed E-state index contributed by atoms with van der Waals surface area (Å²) >= 11 is 0. The van der Waals surface area contributed by atoms with Crippen LogP contribution in [0.4, 0.5) is 4.39 Å². The van der Waals surface area contributed by atoms with Crippen LogP contribution >= 0.6 is 0 Å². The Bertz CT molecular complexity index is 671. The first-order valence-corrected chi connectivity index (χ1v) is 7.92. The maximum atomic E-state index is 13.1. The summed E-state index contributed by atoms with van der Waals surface area (Å²) in [4.78, 5) is 11.2. The van der Waals surface area contributed by atoms with E-state index in [-0.39, 0.29) is 5.82 Å². The molecule has 0 amide bonds. The lowest BCUT2D eigenvalue weighted by Gasteiger charge is -2.16. The molecule has 0 aliphatic heterocycles. The van der Waals surface area contributed by atoms with E-state index in [2.05, 4.69) is 5.32 Å². The van der Waals surface area contributed by atoms with Gasteiger partial charge in [-0.2, -0.15) is 0 Å². The Morgan fingerprint density at radius 3 is 2.46 bits per heavy atom. The lowest BCUT2D eigenvalue weighted by atomic mass is 10.0. The zero-order valence-electron chi connectivity index (χ0n) is 13.8. The SMILES string of the molecule is CC(C)C[C@@H](NCc1ccc(Oc2cccc(F)c2)cc1)C(=O)O. The van der Waals surface area contributed by atoms with Crippen LogP contribution in [0.1, 0.15) is 25.8 Å². The molecular formula is C19H22FNO3. The van der Waals surface area contributed by atoms with Gasteiger partial charge in [0, 0.05) is 12.6 Å². The first-order chi connectivity index (χ1) is 11.4. The van der Waals surface area contributed by atoms with Gasteiger partial charge in [0.2, 0.25) is 0 Å². The molecule has 128 valence electrons. The third-order valence-corrected chi connectivity index (χ3v) is 3.51. The second kappa shape index (κ2) is 8.45. The van der Waals surface area contributed by atoms with Crippen molar-refractivity contribution >= 4 is 5.97 Å². The number of carboxylic acid groups (broad SMARTS) is 1. The van der Waals surface area contributed by atoms with E-state index in [9.17, 15) is 14.3 Å². The third-order valence-electron chi connectivity index (χ3n) is 3.51. The van der Waals surface area contributed by atoms with Crippen molar-refractivity contribution in [3.05, 3.63) is 59.9 Å². The minimum atomic E-state index is -0.838. The smallest absolute Gasteiger partial charge is 0.320 e. The standard InChI is InChI=1S/C19H22FNO3/c1-13(2)10-18(19(22)23)21-12-14-6-8-16(9-7-14)24-17-5-3-4-15(20)11-17/h3-9,11,13,18,21H,10,12H2,1-2H3,(H,22,23)/t18-/m1/s1. The summed E-state index contributed by atoms with van der Waals surface area (Å²) in [5.41, 5.74) is 0.955. The Morgan fingerprint density at radius 2 is 1.88 bits per heavy atom. The number of benzene rings is 2. The van der Waals surface area contributed by atoms with Gasteiger partial charge in [-0.1, -0.05) is 32.0 Å². The number of rotatable bonds is 8. The van der Waals surface area contributed by atoms with Crippen LogP contribution in [0.25, 0.3) is 0 Å². The van der Waals surface area contributed by atoms with Crippen molar-refractivity contribution in [2.75, 3.05) is 0 Å². The molecule has 1 atom stereocenters. The monoisotopic (exact) mass is 331 g/mol. The van der Waals surface area contributed by atoms with Crippen molar-refractivity contribution in [1.29, 1.82) is 0 Å². The summed E-state index contributed by atoms with van der Waals surface area (Å²) in [6.07, 6.45) is 0.579. The molecule has 24 heavy (non-hydrogen) atoms. The normalized spacial score (nSPS) is 12.2. The van der Waals surface area contributed by atoms with Crippen molar-refractivity contribution in [1.82, 2.24) is 5.32 Å². The quantitative estimate of drug-likeness (QED) is 0.761. The molecule has 0 bridgehead atoms. The summed E-state index contributed by atoms with van der Waals surface area (Å²) in [7, 11) is 0. The first kappa shape index (κ1) is 17.9. The van der Waals surface area contributed by atoms with Gasteiger partial charge in [0.1, 0.15) is 23.4 Å². The molecule has 2 aromatic carbocycles. The van der Waals surface area contributed by atoms with Crippen LogP contribution in [0.3, 0.4) is 0 Å². The van der Waals surface area contributed by atoms with Crippen molar-refractivity contribution in [2.45, 2.75) is 32.9 Å². The fourth-order valence-electron chi connectivity index (χ4n) is 2.33. The third kappa shape index (κ3) is 5.66. The average molecular weight is 331 g/mol. The number of hydrogen-bond acceptors (Lipinski definition) is 3. The molecule has 0 aliphatic rings. The predicted octanol–water partition coefficient (Wildman–Crippen LogP) is 4.21. The zero-order chi connectivity index (χ0) is 17.5. The van der Waals surface area contributed by atoms with Gasteiger partial charge in [-0.25, -0.2) is 4.39 Å². The molecule has 0 heterocycles. The van der Waals surface area contributed by atoms with E-state index in [0.717, 1.165) is 5.56 Å². The van der Waals surface area contributed by atoms with E-state index in [1.54, 1.807) is 24.3 Å². The highest BCUT2D eigenvalue weighted by atomic mass is 19.1. The second-order valence-corrected chi connectivity index (χ2v) is 6.10. The van der Waals surface area contributed by atoms with Gasteiger partial charge in [-0.15, -0.1) is 0 Å². The van der Waals surface area contributed by atoms with E-state index in [1.165, 1.54) is 12.1 Å². The van der Waals surface area contributed by atoms with Crippen molar-refractivity contribution in [3.8, 4) is 11.5 Å². The molecule has 0 spiro atoms.